The summed E-state index contributed by atoms with van der Waals surface area (Å²) in [4.78, 5) is 30.0. The molecule has 0 radical (unpaired) electrons. The van der Waals surface area contributed by atoms with E-state index in [1.165, 1.54) is 6.92 Å². The van der Waals surface area contributed by atoms with Crippen LogP contribution in [0.3, 0.4) is 0 Å². The molecule has 132 valence electrons. The van der Waals surface area contributed by atoms with Crippen molar-refractivity contribution in [1.82, 2.24) is 15.2 Å². The molecule has 6 nitrogen and oxygen atoms in total. The molecular formula is C19H23N3O3. The predicted octanol–water partition coefficient (Wildman–Crippen LogP) is 2.05. The van der Waals surface area contributed by atoms with Crippen molar-refractivity contribution in [3.63, 3.8) is 0 Å². The molecule has 0 bridgehead atoms. The minimum atomic E-state index is -0.120. The lowest BCUT2D eigenvalue weighted by molar-refractivity contribution is -0.130. The number of hydrogen-bond acceptors (Lipinski definition) is 4. The van der Waals surface area contributed by atoms with Crippen LogP contribution in [0.1, 0.15) is 36.3 Å². The van der Waals surface area contributed by atoms with Crippen LogP contribution in [-0.2, 0) is 16.0 Å². The Balaban J connectivity index is 1.66. The zero-order chi connectivity index (χ0) is 17.8. The number of aryl methyl sites for hydroxylation is 2. The molecule has 2 aromatic rings. The minimum Gasteiger partial charge on any atom is -0.466 e. The molecule has 1 saturated heterocycles. The molecular weight excluding hydrogens is 318 g/mol. The van der Waals surface area contributed by atoms with E-state index >= 15 is 0 Å². The Morgan fingerprint density at radius 3 is 2.80 bits per heavy atom. The fourth-order valence-electron chi connectivity index (χ4n) is 3.31. The molecule has 1 fully saturated rings. The Hall–Kier alpha value is -2.63. The second-order valence-electron chi connectivity index (χ2n) is 6.52. The van der Waals surface area contributed by atoms with Crippen molar-refractivity contribution in [3.05, 3.63) is 53.7 Å². The van der Waals surface area contributed by atoms with Crippen molar-refractivity contribution in [2.24, 2.45) is 0 Å². The zero-order valence-electron chi connectivity index (χ0n) is 14.6. The molecule has 0 aliphatic carbocycles. The molecule has 1 aliphatic heterocycles. The number of carbonyl (C=O) groups excluding carboxylic acids is 2. The maximum absolute atomic E-state index is 12.6. The summed E-state index contributed by atoms with van der Waals surface area (Å²) in [5.41, 5.74) is 1.05. The number of pyridine rings is 1. The first kappa shape index (κ1) is 17.2. The highest BCUT2D eigenvalue weighted by Gasteiger charge is 2.38. The van der Waals surface area contributed by atoms with Gasteiger partial charge in [0.05, 0.1) is 12.0 Å². The lowest BCUT2D eigenvalue weighted by Gasteiger charge is -2.17. The first-order chi connectivity index (χ1) is 12.0. The van der Waals surface area contributed by atoms with Gasteiger partial charge in [0.15, 0.2) is 0 Å². The molecule has 1 N–H and O–H groups in total. The van der Waals surface area contributed by atoms with Gasteiger partial charge in [-0.2, -0.15) is 0 Å². The van der Waals surface area contributed by atoms with Crippen molar-refractivity contribution in [1.29, 1.82) is 0 Å². The third-order valence-corrected chi connectivity index (χ3v) is 4.54. The van der Waals surface area contributed by atoms with Gasteiger partial charge in [0.2, 0.25) is 11.8 Å². The number of carbonyl (C=O) groups is 2. The molecule has 3 rings (SSSR count). The number of furan rings is 1. The van der Waals surface area contributed by atoms with Gasteiger partial charge in [-0.3, -0.25) is 14.6 Å². The number of rotatable bonds is 5. The van der Waals surface area contributed by atoms with Gasteiger partial charge < -0.3 is 14.6 Å². The molecule has 2 atom stereocenters. The third kappa shape index (κ3) is 4.26. The number of likely N-dealkylation sites (tertiary alicyclic amines) is 1. The smallest absolute Gasteiger partial charge is 0.222 e. The summed E-state index contributed by atoms with van der Waals surface area (Å²) < 4.78 is 5.74. The summed E-state index contributed by atoms with van der Waals surface area (Å²) in [6.07, 6.45) is 4.60. The van der Waals surface area contributed by atoms with Crippen LogP contribution in [0.4, 0.5) is 0 Å². The highest BCUT2D eigenvalue weighted by Crippen LogP contribution is 2.29. The molecule has 25 heavy (non-hydrogen) atoms. The highest BCUT2D eigenvalue weighted by molar-refractivity contribution is 5.78. The van der Waals surface area contributed by atoms with Crippen molar-refractivity contribution in [3.8, 4) is 0 Å². The molecule has 0 aromatic carbocycles. The summed E-state index contributed by atoms with van der Waals surface area (Å²) in [5, 5.41) is 2.96. The van der Waals surface area contributed by atoms with Crippen molar-refractivity contribution >= 4 is 11.8 Å². The fourth-order valence-corrected chi connectivity index (χ4v) is 3.31. The van der Waals surface area contributed by atoms with Gasteiger partial charge in [0.1, 0.15) is 11.5 Å². The third-order valence-electron chi connectivity index (χ3n) is 4.54. The van der Waals surface area contributed by atoms with Gasteiger partial charge in [-0.1, -0.05) is 6.07 Å². The highest BCUT2D eigenvalue weighted by atomic mass is 16.3. The maximum atomic E-state index is 12.6. The Morgan fingerprint density at radius 2 is 2.16 bits per heavy atom. The van der Waals surface area contributed by atoms with Gasteiger partial charge in [-0.15, -0.1) is 0 Å². The van der Waals surface area contributed by atoms with E-state index in [2.05, 4.69) is 10.3 Å². The van der Waals surface area contributed by atoms with Crippen LogP contribution in [0.25, 0.3) is 0 Å². The normalized spacial score (nSPS) is 19.8. The van der Waals surface area contributed by atoms with Gasteiger partial charge >= 0.3 is 0 Å². The van der Waals surface area contributed by atoms with Gasteiger partial charge in [0.25, 0.3) is 0 Å². The van der Waals surface area contributed by atoms with E-state index in [9.17, 15) is 9.59 Å². The molecule has 2 aromatic heterocycles. The van der Waals surface area contributed by atoms with Crippen LogP contribution in [0.2, 0.25) is 0 Å². The van der Waals surface area contributed by atoms with Crippen LogP contribution in [0.15, 0.2) is 41.1 Å². The fraction of sp³-hybridized carbons (Fsp3) is 0.421. The van der Waals surface area contributed by atoms with Gasteiger partial charge in [0, 0.05) is 38.8 Å². The number of aromatic nitrogens is 1. The monoisotopic (exact) mass is 341 g/mol. The lowest BCUT2D eigenvalue weighted by Crippen LogP contribution is -2.39. The topological polar surface area (TPSA) is 75.4 Å². The largest absolute Gasteiger partial charge is 0.466 e. The van der Waals surface area contributed by atoms with Crippen LogP contribution < -0.4 is 5.32 Å². The Bertz CT molecular complexity index is 741. The van der Waals surface area contributed by atoms with E-state index in [0.29, 0.717) is 25.9 Å². The van der Waals surface area contributed by atoms with Gasteiger partial charge in [-0.05, 0) is 37.1 Å². The Kier molecular flexibility index (Phi) is 5.16. The van der Waals surface area contributed by atoms with E-state index in [4.69, 9.17) is 4.42 Å². The SMILES string of the molecule is CC(=O)N[C@@H]1CN(C(=O)CCc2cccnc2)C[C@H]1c1ccc(C)o1. The summed E-state index contributed by atoms with van der Waals surface area (Å²) in [5.74, 6) is 1.63. The second-order valence-corrected chi connectivity index (χ2v) is 6.52. The van der Waals surface area contributed by atoms with E-state index in [1.54, 1.807) is 12.4 Å². The molecule has 0 unspecified atom stereocenters. The summed E-state index contributed by atoms with van der Waals surface area (Å²) in [6.45, 7) is 4.46. The number of nitrogens with zero attached hydrogens (tertiary/aromatic N) is 2. The zero-order valence-corrected chi connectivity index (χ0v) is 14.6. The van der Waals surface area contributed by atoms with Crippen LogP contribution in [0.5, 0.6) is 0 Å². The average molecular weight is 341 g/mol. The molecule has 6 heteroatoms. The molecule has 0 spiro atoms. The lowest BCUT2D eigenvalue weighted by atomic mass is 10.0. The molecule has 1 aliphatic rings. The Morgan fingerprint density at radius 1 is 1.32 bits per heavy atom. The van der Waals surface area contributed by atoms with Crippen molar-refractivity contribution < 1.29 is 14.0 Å². The van der Waals surface area contributed by atoms with E-state index < -0.39 is 0 Å². The predicted molar refractivity (Wildman–Crippen MR) is 92.9 cm³/mol. The summed E-state index contributed by atoms with van der Waals surface area (Å²) in [7, 11) is 0. The minimum absolute atomic E-state index is 0.0139. The van der Waals surface area contributed by atoms with E-state index in [1.807, 2.05) is 36.1 Å². The molecule has 0 saturated carbocycles. The van der Waals surface area contributed by atoms with Crippen molar-refractivity contribution in [2.75, 3.05) is 13.1 Å². The number of nitrogens with one attached hydrogen (secondary N) is 1. The standard InChI is InChI=1S/C19H23N3O3/c1-13-5-7-18(25-13)16-11-22(12-17(16)21-14(2)23)19(24)8-6-15-4-3-9-20-10-15/h3-5,7,9-10,16-17H,6,8,11-12H2,1-2H3,(H,21,23)/t16-,17-/m1/s1. The average Bonchev–Trinajstić information content (AvgIpc) is 3.19. The van der Waals surface area contributed by atoms with Crippen LogP contribution in [-0.4, -0.2) is 40.8 Å². The first-order valence-corrected chi connectivity index (χ1v) is 8.53. The van der Waals surface area contributed by atoms with Crippen LogP contribution in [0, 0.1) is 6.92 Å². The summed E-state index contributed by atoms with van der Waals surface area (Å²) >= 11 is 0. The molecule has 3 heterocycles. The van der Waals surface area contributed by atoms with E-state index in [0.717, 1.165) is 17.1 Å². The number of hydrogen-bond donors (Lipinski definition) is 1. The quantitative estimate of drug-likeness (QED) is 0.903. The Labute approximate surface area is 147 Å². The first-order valence-electron chi connectivity index (χ1n) is 8.53. The van der Waals surface area contributed by atoms with Crippen LogP contribution >= 0.6 is 0 Å². The number of amides is 2. The van der Waals surface area contributed by atoms with Gasteiger partial charge in [-0.25, -0.2) is 0 Å². The second kappa shape index (κ2) is 7.51. The van der Waals surface area contributed by atoms with E-state index in [-0.39, 0.29) is 23.8 Å². The molecule has 2 amide bonds. The maximum Gasteiger partial charge on any atom is 0.222 e. The van der Waals surface area contributed by atoms with Crippen molar-refractivity contribution in [2.45, 2.75) is 38.6 Å². The summed E-state index contributed by atoms with van der Waals surface area (Å²) in [6, 6.07) is 7.56.